The molecule has 0 saturated carbocycles. The van der Waals surface area contributed by atoms with E-state index in [1.165, 1.54) is 12.1 Å². The summed E-state index contributed by atoms with van der Waals surface area (Å²) in [5.74, 6) is -1.07. The third-order valence-electron chi connectivity index (χ3n) is 4.33. The average Bonchev–Trinajstić information content (AvgIpc) is 2.99. The maximum Gasteiger partial charge on any atom is 0.330 e. The molecule has 0 saturated heterocycles. The molecule has 1 aromatic heterocycles. The van der Waals surface area contributed by atoms with Crippen molar-refractivity contribution in [3.05, 3.63) is 58.4 Å². The third-order valence-corrected chi connectivity index (χ3v) is 4.33. The molecule has 6 heteroatoms. The van der Waals surface area contributed by atoms with Crippen LogP contribution in [0.2, 0.25) is 0 Å². The Bertz CT molecular complexity index is 1080. The molecule has 2 heterocycles. The number of aliphatic carboxylic acids is 1. The molecule has 1 aliphatic heterocycles. The van der Waals surface area contributed by atoms with Gasteiger partial charge in [0.05, 0.1) is 17.9 Å². The first-order valence-electron chi connectivity index (χ1n) is 7.48. The van der Waals surface area contributed by atoms with Gasteiger partial charge in [-0.3, -0.25) is 4.79 Å². The van der Waals surface area contributed by atoms with Crippen LogP contribution in [0.25, 0.3) is 27.2 Å². The Balaban J connectivity index is 2.15. The van der Waals surface area contributed by atoms with E-state index in [4.69, 9.17) is 0 Å². The van der Waals surface area contributed by atoms with E-state index >= 15 is 0 Å². The Morgan fingerprint density at radius 2 is 2.00 bits per heavy atom. The summed E-state index contributed by atoms with van der Waals surface area (Å²) in [6.07, 6.45) is 3.20. The monoisotopic (exact) mass is 322 g/mol. The van der Waals surface area contributed by atoms with Crippen LogP contribution in [0.15, 0.2) is 47.4 Å². The van der Waals surface area contributed by atoms with Gasteiger partial charge in [-0.2, -0.15) is 0 Å². The van der Waals surface area contributed by atoms with Crippen LogP contribution in [0.5, 0.6) is 0 Å². The number of rotatable bonds is 2. The molecule has 6 nitrogen and oxygen atoms in total. The van der Waals surface area contributed by atoms with E-state index in [2.05, 4.69) is 10.3 Å². The molecule has 4 rings (SSSR count). The number of anilines is 1. The van der Waals surface area contributed by atoms with Gasteiger partial charge in [0, 0.05) is 22.5 Å². The highest BCUT2D eigenvalue weighted by Crippen LogP contribution is 2.34. The minimum absolute atomic E-state index is 0.263. The highest BCUT2D eigenvalue weighted by Gasteiger charge is 2.26. The average molecular weight is 322 g/mol. The second-order valence-electron chi connectivity index (χ2n) is 5.76. The number of nitrogens with one attached hydrogen (secondary N) is 2. The van der Waals surface area contributed by atoms with E-state index in [-0.39, 0.29) is 5.43 Å². The van der Waals surface area contributed by atoms with Gasteiger partial charge in [-0.05, 0) is 41.3 Å². The zero-order chi connectivity index (χ0) is 16.8. The van der Waals surface area contributed by atoms with E-state index in [1.54, 1.807) is 6.07 Å². The molecule has 0 radical (unpaired) electrons. The lowest BCUT2D eigenvalue weighted by Gasteiger charge is -2.22. The number of aliphatic hydroxyl groups excluding tert-OH is 1. The van der Waals surface area contributed by atoms with Crippen molar-refractivity contribution in [3.8, 4) is 0 Å². The molecule has 1 aliphatic rings. The lowest BCUT2D eigenvalue weighted by atomic mass is 9.96. The molecule has 120 valence electrons. The van der Waals surface area contributed by atoms with Crippen molar-refractivity contribution in [2.75, 3.05) is 11.9 Å². The van der Waals surface area contributed by atoms with Gasteiger partial charge in [-0.15, -0.1) is 0 Å². The SMILES string of the molecule is O=C(O)C1C=C(CO)c2c(c3cc4cc[nH]c4cc3ccc2=O)N1. The van der Waals surface area contributed by atoms with Crippen LogP contribution in [0.1, 0.15) is 5.56 Å². The van der Waals surface area contributed by atoms with Crippen LogP contribution >= 0.6 is 0 Å². The van der Waals surface area contributed by atoms with Gasteiger partial charge in [0.2, 0.25) is 0 Å². The molecule has 0 amide bonds. The molecule has 0 fully saturated rings. The van der Waals surface area contributed by atoms with Crippen molar-refractivity contribution in [2.24, 2.45) is 0 Å². The number of aromatic amines is 1. The Kier molecular flexibility index (Phi) is 3.14. The summed E-state index contributed by atoms with van der Waals surface area (Å²) >= 11 is 0. The number of carboxylic acids is 1. The summed E-state index contributed by atoms with van der Waals surface area (Å²) < 4.78 is 0. The second-order valence-corrected chi connectivity index (χ2v) is 5.76. The van der Waals surface area contributed by atoms with Crippen LogP contribution in [0.3, 0.4) is 0 Å². The summed E-state index contributed by atoms with van der Waals surface area (Å²) in [6.45, 7) is -0.397. The molecule has 3 aromatic rings. The Labute approximate surface area is 136 Å². The van der Waals surface area contributed by atoms with Crippen molar-refractivity contribution in [2.45, 2.75) is 6.04 Å². The molecule has 0 aliphatic carbocycles. The molecule has 24 heavy (non-hydrogen) atoms. The van der Waals surface area contributed by atoms with E-state index in [0.29, 0.717) is 16.8 Å². The molecular formula is C18H14N2O4. The predicted molar refractivity (Wildman–Crippen MR) is 92.2 cm³/mol. The smallest absolute Gasteiger partial charge is 0.330 e. The Morgan fingerprint density at radius 1 is 1.17 bits per heavy atom. The topological polar surface area (TPSA) is 102 Å². The van der Waals surface area contributed by atoms with Crippen LogP contribution in [-0.4, -0.2) is 33.8 Å². The number of H-pyrrole nitrogens is 1. The highest BCUT2D eigenvalue weighted by atomic mass is 16.4. The van der Waals surface area contributed by atoms with Gasteiger partial charge in [-0.25, -0.2) is 4.79 Å². The molecule has 4 N–H and O–H groups in total. The summed E-state index contributed by atoms with van der Waals surface area (Å²) in [4.78, 5) is 27.0. The molecule has 1 atom stereocenters. The van der Waals surface area contributed by atoms with Crippen molar-refractivity contribution >= 4 is 38.9 Å². The maximum atomic E-state index is 12.5. The maximum absolute atomic E-state index is 12.5. The number of carbonyl (C=O) groups is 1. The Morgan fingerprint density at radius 3 is 2.75 bits per heavy atom. The number of hydrogen-bond donors (Lipinski definition) is 4. The zero-order valence-corrected chi connectivity index (χ0v) is 12.5. The highest BCUT2D eigenvalue weighted by molar-refractivity contribution is 6.07. The largest absolute Gasteiger partial charge is 0.479 e. The van der Waals surface area contributed by atoms with Gasteiger partial charge in [-0.1, -0.05) is 6.07 Å². The number of aliphatic hydroxyl groups is 1. The predicted octanol–water partition coefficient (Wildman–Crippen LogP) is 1.94. The first-order chi connectivity index (χ1) is 11.6. The minimum Gasteiger partial charge on any atom is -0.479 e. The number of hydrogen-bond acceptors (Lipinski definition) is 4. The first-order valence-corrected chi connectivity index (χ1v) is 7.48. The lowest BCUT2D eigenvalue weighted by Crippen LogP contribution is -2.32. The second kappa shape index (κ2) is 5.21. The summed E-state index contributed by atoms with van der Waals surface area (Å²) in [6, 6.07) is 7.90. The van der Waals surface area contributed by atoms with Crippen molar-refractivity contribution in [1.82, 2.24) is 4.98 Å². The molecule has 0 bridgehead atoms. The van der Waals surface area contributed by atoms with E-state index in [1.807, 2.05) is 24.4 Å². The van der Waals surface area contributed by atoms with Crippen molar-refractivity contribution in [1.29, 1.82) is 0 Å². The van der Waals surface area contributed by atoms with E-state index in [0.717, 1.165) is 21.7 Å². The van der Waals surface area contributed by atoms with Crippen molar-refractivity contribution in [3.63, 3.8) is 0 Å². The summed E-state index contributed by atoms with van der Waals surface area (Å²) in [5, 5.41) is 24.4. The molecular weight excluding hydrogens is 308 g/mol. The fourth-order valence-electron chi connectivity index (χ4n) is 3.19. The number of aromatic nitrogens is 1. The normalized spacial score (nSPS) is 16.5. The standard InChI is InChI=1S/C18H14N2O4/c21-8-11-7-14(18(23)24)20-17-12-5-10-3-4-19-13(10)6-9(12)1-2-15(22)16(11)17/h1-7,14,19-21H,8H2,(H,23,24). The van der Waals surface area contributed by atoms with Crippen LogP contribution in [0, 0.1) is 0 Å². The number of carboxylic acid groups (broad SMARTS) is 1. The first kappa shape index (κ1) is 14.5. The van der Waals surface area contributed by atoms with Gasteiger partial charge >= 0.3 is 5.97 Å². The fraction of sp³-hybridized carbons (Fsp3) is 0.111. The summed E-state index contributed by atoms with van der Waals surface area (Å²) in [5.41, 5.74) is 1.76. The molecule has 0 spiro atoms. The van der Waals surface area contributed by atoms with Crippen molar-refractivity contribution < 1.29 is 15.0 Å². The summed E-state index contributed by atoms with van der Waals surface area (Å²) in [7, 11) is 0. The number of fused-ring (bicyclic) bond motifs is 4. The molecule has 1 unspecified atom stereocenters. The Hall–Kier alpha value is -3.12. The van der Waals surface area contributed by atoms with Crippen LogP contribution in [-0.2, 0) is 4.79 Å². The zero-order valence-electron chi connectivity index (χ0n) is 12.5. The quantitative estimate of drug-likeness (QED) is 0.577. The molecule has 2 aromatic carbocycles. The van der Waals surface area contributed by atoms with Gasteiger partial charge in [0.25, 0.3) is 0 Å². The van der Waals surface area contributed by atoms with Crippen LogP contribution in [0.4, 0.5) is 5.69 Å². The van der Waals surface area contributed by atoms with E-state index in [9.17, 15) is 19.8 Å². The van der Waals surface area contributed by atoms with Crippen LogP contribution < -0.4 is 10.7 Å². The fourth-order valence-corrected chi connectivity index (χ4v) is 3.19. The van der Waals surface area contributed by atoms with E-state index < -0.39 is 18.6 Å². The third kappa shape index (κ3) is 2.08. The lowest BCUT2D eigenvalue weighted by molar-refractivity contribution is -0.136. The number of benzene rings is 1. The van der Waals surface area contributed by atoms with Gasteiger partial charge in [0.1, 0.15) is 6.04 Å². The van der Waals surface area contributed by atoms with Gasteiger partial charge < -0.3 is 20.5 Å². The van der Waals surface area contributed by atoms with Gasteiger partial charge in [0.15, 0.2) is 5.43 Å². The minimum atomic E-state index is -1.07.